The molecule has 0 aromatic rings. The molecule has 1 nitrogen and oxygen atoms in total. The first-order chi connectivity index (χ1) is 4.35. The Bertz CT molecular complexity index is 95.6. The summed E-state index contributed by atoms with van der Waals surface area (Å²) < 4.78 is 0. The van der Waals surface area contributed by atoms with Crippen molar-refractivity contribution in [2.75, 3.05) is 5.75 Å². The zero-order valence-corrected chi connectivity index (χ0v) is 6.87. The minimum atomic E-state index is 0.569. The highest BCUT2D eigenvalue weighted by molar-refractivity contribution is 7.99. The molecule has 2 heteroatoms. The fourth-order valence-electron chi connectivity index (χ4n) is 0.659. The molecule has 1 atom stereocenters. The summed E-state index contributed by atoms with van der Waals surface area (Å²) in [7, 11) is 0. The van der Waals surface area contributed by atoms with E-state index in [2.05, 4.69) is 19.9 Å². The quantitative estimate of drug-likeness (QED) is 0.603. The van der Waals surface area contributed by atoms with Gasteiger partial charge in [-0.2, -0.15) is 17.0 Å². The van der Waals surface area contributed by atoms with Crippen LogP contribution in [-0.2, 0) is 0 Å². The van der Waals surface area contributed by atoms with Gasteiger partial charge < -0.3 is 0 Å². The SMILES string of the molecule is CCSC(CC)CC#N. The van der Waals surface area contributed by atoms with E-state index in [-0.39, 0.29) is 0 Å². The summed E-state index contributed by atoms with van der Waals surface area (Å²) in [5, 5.41) is 8.90. The third-order valence-electron chi connectivity index (χ3n) is 1.18. The summed E-state index contributed by atoms with van der Waals surface area (Å²) in [5.74, 6) is 1.13. The molecule has 0 N–H and O–H groups in total. The van der Waals surface area contributed by atoms with Crippen molar-refractivity contribution in [2.24, 2.45) is 0 Å². The van der Waals surface area contributed by atoms with E-state index >= 15 is 0 Å². The van der Waals surface area contributed by atoms with Crippen LogP contribution >= 0.6 is 11.8 Å². The first kappa shape index (κ1) is 8.84. The van der Waals surface area contributed by atoms with E-state index in [0.29, 0.717) is 11.7 Å². The van der Waals surface area contributed by atoms with Crippen LogP contribution in [-0.4, -0.2) is 11.0 Å². The lowest BCUT2D eigenvalue weighted by Crippen LogP contribution is -1.98. The average Bonchev–Trinajstić information content (AvgIpc) is 1.88. The van der Waals surface area contributed by atoms with Gasteiger partial charge in [-0.25, -0.2) is 0 Å². The highest BCUT2D eigenvalue weighted by Crippen LogP contribution is 2.16. The molecule has 0 rings (SSSR count). The summed E-state index contributed by atoms with van der Waals surface area (Å²) in [4.78, 5) is 0. The highest BCUT2D eigenvalue weighted by atomic mass is 32.2. The maximum absolute atomic E-state index is 8.33. The highest BCUT2D eigenvalue weighted by Gasteiger charge is 2.02. The van der Waals surface area contributed by atoms with E-state index in [1.807, 2.05) is 11.8 Å². The van der Waals surface area contributed by atoms with Gasteiger partial charge in [-0.15, -0.1) is 0 Å². The molecule has 1 unspecified atom stereocenters. The van der Waals surface area contributed by atoms with Gasteiger partial charge in [-0.3, -0.25) is 0 Å². The maximum atomic E-state index is 8.33. The van der Waals surface area contributed by atoms with Crippen molar-refractivity contribution in [3.05, 3.63) is 0 Å². The third-order valence-corrected chi connectivity index (χ3v) is 2.48. The number of thioether (sulfide) groups is 1. The summed E-state index contributed by atoms with van der Waals surface area (Å²) in [6.07, 6.45) is 1.82. The molecule has 0 heterocycles. The third kappa shape index (κ3) is 4.35. The number of nitriles is 1. The zero-order chi connectivity index (χ0) is 7.11. The van der Waals surface area contributed by atoms with Crippen molar-refractivity contribution in [3.63, 3.8) is 0 Å². The number of rotatable bonds is 4. The minimum absolute atomic E-state index is 0.569. The monoisotopic (exact) mass is 143 g/mol. The standard InChI is InChI=1S/C7H13NS/c1-3-7(5-6-8)9-4-2/h7H,3-5H2,1-2H3. The van der Waals surface area contributed by atoms with Crippen LogP contribution in [0.25, 0.3) is 0 Å². The lowest BCUT2D eigenvalue weighted by molar-refractivity contribution is 0.843. The van der Waals surface area contributed by atoms with Crippen LogP contribution in [0.3, 0.4) is 0 Å². The van der Waals surface area contributed by atoms with Crippen molar-refractivity contribution >= 4 is 11.8 Å². The van der Waals surface area contributed by atoms with Crippen molar-refractivity contribution < 1.29 is 0 Å². The molecule has 52 valence electrons. The Hall–Kier alpha value is -0.160. The molecule has 0 saturated heterocycles. The molecule has 0 aliphatic heterocycles. The van der Waals surface area contributed by atoms with Crippen molar-refractivity contribution in [2.45, 2.75) is 31.9 Å². The van der Waals surface area contributed by atoms with Gasteiger partial charge in [0.05, 0.1) is 6.07 Å². The fourth-order valence-corrected chi connectivity index (χ4v) is 1.56. The van der Waals surface area contributed by atoms with Gasteiger partial charge in [0.15, 0.2) is 0 Å². The Balaban J connectivity index is 3.32. The van der Waals surface area contributed by atoms with Crippen LogP contribution < -0.4 is 0 Å². The molecular weight excluding hydrogens is 130 g/mol. The molecule has 0 amide bonds. The van der Waals surface area contributed by atoms with Gasteiger partial charge in [0.25, 0.3) is 0 Å². The normalized spacial score (nSPS) is 12.6. The number of hydrogen-bond donors (Lipinski definition) is 0. The Morgan fingerprint density at radius 1 is 1.56 bits per heavy atom. The minimum Gasteiger partial charge on any atom is -0.198 e. The smallest absolute Gasteiger partial charge is 0.0633 e. The van der Waals surface area contributed by atoms with Crippen LogP contribution in [0.15, 0.2) is 0 Å². The van der Waals surface area contributed by atoms with E-state index < -0.39 is 0 Å². The second-order valence-electron chi connectivity index (χ2n) is 1.85. The van der Waals surface area contributed by atoms with Gasteiger partial charge in [-0.1, -0.05) is 13.8 Å². The lowest BCUT2D eigenvalue weighted by atomic mass is 10.3. The van der Waals surface area contributed by atoms with Crippen molar-refractivity contribution in [3.8, 4) is 6.07 Å². The molecular formula is C7H13NS. The van der Waals surface area contributed by atoms with E-state index in [1.54, 1.807) is 0 Å². The largest absolute Gasteiger partial charge is 0.198 e. The second-order valence-corrected chi connectivity index (χ2v) is 3.43. The van der Waals surface area contributed by atoms with Crippen LogP contribution in [0.4, 0.5) is 0 Å². The van der Waals surface area contributed by atoms with Crippen LogP contribution in [0.1, 0.15) is 26.7 Å². The predicted molar refractivity (Wildman–Crippen MR) is 42.4 cm³/mol. The molecule has 0 aromatic heterocycles. The predicted octanol–water partition coefficient (Wildman–Crippen LogP) is 2.43. The van der Waals surface area contributed by atoms with Gasteiger partial charge in [0.1, 0.15) is 0 Å². The Morgan fingerprint density at radius 2 is 2.22 bits per heavy atom. The van der Waals surface area contributed by atoms with Gasteiger partial charge in [-0.05, 0) is 12.2 Å². The molecule has 0 aromatic carbocycles. The van der Waals surface area contributed by atoms with Gasteiger partial charge in [0, 0.05) is 11.7 Å². The molecule has 0 fully saturated rings. The van der Waals surface area contributed by atoms with E-state index in [4.69, 9.17) is 5.26 Å². The van der Waals surface area contributed by atoms with Gasteiger partial charge in [0.2, 0.25) is 0 Å². The number of nitrogens with zero attached hydrogens (tertiary/aromatic N) is 1. The van der Waals surface area contributed by atoms with Crippen LogP contribution in [0, 0.1) is 11.3 Å². The van der Waals surface area contributed by atoms with Crippen LogP contribution in [0.2, 0.25) is 0 Å². The Kier molecular flexibility index (Phi) is 5.86. The molecule has 0 bridgehead atoms. The van der Waals surface area contributed by atoms with Crippen LogP contribution in [0.5, 0.6) is 0 Å². The first-order valence-corrected chi connectivity index (χ1v) is 4.38. The topological polar surface area (TPSA) is 23.8 Å². The maximum Gasteiger partial charge on any atom is 0.0633 e. The first-order valence-electron chi connectivity index (χ1n) is 3.33. The molecule has 0 aliphatic rings. The van der Waals surface area contributed by atoms with Crippen molar-refractivity contribution in [1.82, 2.24) is 0 Å². The number of hydrogen-bond acceptors (Lipinski definition) is 2. The summed E-state index contributed by atoms with van der Waals surface area (Å²) in [6, 6.07) is 2.18. The summed E-state index contributed by atoms with van der Waals surface area (Å²) >= 11 is 1.88. The Morgan fingerprint density at radius 3 is 2.56 bits per heavy atom. The summed E-state index contributed by atoms with van der Waals surface area (Å²) in [6.45, 7) is 4.26. The van der Waals surface area contributed by atoms with Gasteiger partial charge >= 0.3 is 0 Å². The molecule has 0 aliphatic carbocycles. The molecule has 0 radical (unpaired) electrons. The van der Waals surface area contributed by atoms with Crippen molar-refractivity contribution in [1.29, 1.82) is 5.26 Å². The summed E-state index contributed by atoms with van der Waals surface area (Å²) in [5.41, 5.74) is 0. The molecule has 9 heavy (non-hydrogen) atoms. The lowest BCUT2D eigenvalue weighted by Gasteiger charge is -2.06. The van der Waals surface area contributed by atoms with E-state index in [1.165, 1.54) is 0 Å². The molecule has 0 saturated carbocycles. The molecule has 0 spiro atoms. The fraction of sp³-hybridized carbons (Fsp3) is 0.857. The second kappa shape index (κ2) is 5.97. The zero-order valence-electron chi connectivity index (χ0n) is 6.05. The van der Waals surface area contributed by atoms with E-state index in [9.17, 15) is 0 Å². The average molecular weight is 143 g/mol. The van der Waals surface area contributed by atoms with E-state index in [0.717, 1.165) is 12.2 Å². The Labute approximate surface area is 61.4 Å².